The zero-order chi connectivity index (χ0) is 15.9. The molecule has 0 aliphatic heterocycles. The van der Waals surface area contributed by atoms with Crippen LogP contribution in [0.4, 0.5) is 0 Å². The molecule has 0 amide bonds. The van der Waals surface area contributed by atoms with Gasteiger partial charge in [-0.2, -0.15) is 0 Å². The average molecular weight is 298 g/mol. The van der Waals surface area contributed by atoms with E-state index in [0.29, 0.717) is 6.61 Å². The average Bonchev–Trinajstić information content (AvgIpc) is 2.52. The van der Waals surface area contributed by atoms with Crippen molar-refractivity contribution in [3.05, 3.63) is 65.2 Å². The molecular weight excluding hydrogens is 276 g/mol. The third kappa shape index (κ3) is 4.35. The quantitative estimate of drug-likeness (QED) is 0.816. The van der Waals surface area contributed by atoms with Crippen LogP contribution < -0.4 is 4.74 Å². The highest BCUT2D eigenvalue weighted by Crippen LogP contribution is 2.29. The molecule has 0 spiro atoms. The summed E-state index contributed by atoms with van der Waals surface area (Å²) in [7, 11) is 0. The van der Waals surface area contributed by atoms with Crippen LogP contribution in [0.2, 0.25) is 0 Å². The maximum Gasteiger partial charge on any atom is 0.303 e. The van der Waals surface area contributed by atoms with Gasteiger partial charge in [0.1, 0.15) is 12.4 Å². The first-order valence-corrected chi connectivity index (χ1v) is 7.59. The van der Waals surface area contributed by atoms with Crippen molar-refractivity contribution in [2.75, 3.05) is 0 Å². The Morgan fingerprint density at radius 3 is 2.50 bits per heavy atom. The lowest BCUT2D eigenvalue weighted by atomic mass is 9.90. The Balaban J connectivity index is 2.07. The summed E-state index contributed by atoms with van der Waals surface area (Å²) in [5, 5.41) is 9.01. The molecule has 0 heterocycles. The first-order valence-electron chi connectivity index (χ1n) is 7.59. The maximum absolute atomic E-state index is 11.0. The number of benzene rings is 2. The molecule has 2 aromatic carbocycles. The minimum Gasteiger partial charge on any atom is -0.489 e. The van der Waals surface area contributed by atoms with Gasteiger partial charge in [-0.25, -0.2) is 0 Å². The van der Waals surface area contributed by atoms with E-state index in [9.17, 15) is 4.79 Å². The summed E-state index contributed by atoms with van der Waals surface area (Å²) < 4.78 is 5.81. The minimum absolute atomic E-state index is 0.0562. The number of aliphatic carboxylic acids is 1. The summed E-state index contributed by atoms with van der Waals surface area (Å²) in [6.07, 6.45) is 0.985. The highest BCUT2D eigenvalue weighted by Gasteiger charge is 2.16. The highest BCUT2D eigenvalue weighted by molar-refractivity contribution is 5.68. The predicted octanol–water partition coefficient (Wildman–Crippen LogP) is 4.54. The minimum atomic E-state index is -0.754. The summed E-state index contributed by atoms with van der Waals surface area (Å²) in [4.78, 5) is 11.0. The van der Waals surface area contributed by atoms with E-state index >= 15 is 0 Å². The molecule has 3 heteroatoms. The molecule has 0 aromatic heterocycles. The van der Waals surface area contributed by atoms with E-state index in [0.717, 1.165) is 28.9 Å². The molecule has 116 valence electrons. The van der Waals surface area contributed by atoms with Crippen LogP contribution in [-0.4, -0.2) is 11.1 Å². The first kappa shape index (κ1) is 16.1. The molecule has 0 fully saturated rings. The van der Waals surface area contributed by atoms with Crippen LogP contribution in [-0.2, 0) is 11.4 Å². The molecule has 0 bridgehead atoms. The van der Waals surface area contributed by atoms with Crippen molar-refractivity contribution in [2.24, 2.45) is 0 Å². The van der Waals surface area contributed by atoms with E-state index in [-0.39, 0.29) is 12.3 Å². The Morgan fingerprint density at radius 1 is 1.18 bits per heavy atom. The Kier molecular flexibility index (Phi) is 5.59. The molecule has 0 aliphatic rings. The van der Waals surface area contributed by atoms with Crippen LogP contribution in [0.25, 0.3) is 0 Å². The standard InChI is InChI=1S/C19H22O3/c1-3-16(12-19(20)21)18-10-9-17(11-14(18)2)22-13-15-7-5-4-6-8-15/h4-11,16H,3,12-13H2,1-2H3,(H,20,21). The lowest BCUT2D eigenvalue weighted by Gasteiger charge is -2.17. The van der Waals surface area contributed by atoms with Gasteiger partial charge in [0.25, 0.3) is 0 Å². The second kappa shape index (κ2) is 7.64. The van der Waals surface area contributed by atoms with E-state index in [1.165, 1.54) is 0 Å². The Bertz CT molecular complexity index is 620. The van der Waals surface area contributed by atoms with Gasteiger partial charge in [-0.15, -0.1) is 0 Å². The number of aryl methyl sites for hydroxylation is 1. The largest absolute Gasteiger partial charge is 0.489 e. The highest BCUT2D eigenvalue weighted by atomic mass is 16.5. The third-order valence-corrected chi connectivity index (χ3v) is 3.84. The van der Waals surface area contributed by atoms with E-state index in [2.05, 4.69) is 0 Å². The Morgan fingerprint density at radius 2 is 1.91 bits per heavy atom. The molecule has 0 saturated carbocycles. The molecule has 0 radical (unpaired) electrons. The van der Waals surface area contributed by atoms with Crippen LogP contribution in [0.3, 0.4) is 0 Å². The number of hydrogen-bond acceptors (Lipinski definition) is 2. The summed E-state index contributed by atoms with van der Waals surface area (Å²) in [5.74, 6) is 0.117. The fourth-order valence-corrected chi connectivity index (χ4v) is 2.62. The number of rotatable bonds is 7. The number of carboxylic acid groups (broad SMARTS) is 1. The monoisotopic (exact) mass is 298 g/mol. The molecule has 0 saturated heterocycles. The van der Waals surface area contributed by atoms with Gasteiger partial charge in [0.05, 0.1) is 6.42 Å². The molecule has 1 N–H and O–H groups in total. The molecule has 3 nitrogen and oxygen atoms in total. The maximum atomic E-state index is 11.0. The van der Waals surface area contributed by atoms with Crippen molar-refractivity contribution in [3.8, 4) is 5.75 Å². The normalized spacial score (nSPS) is 11.9. The fourth-order valence-electron chi connectivity index (χ4n) is 2.62. The van der Waals surface area contributed by atoms with Gasteiger partial charge in [0.2, 0.25) is 0 Å². The van der Waals surface area contributed by atoms with Crippen molar-refractivity contribution < 1.29 is 14.6 Å². The zero-order valence-electron chi connectivity index (χ0n) is 13.1. The van der Waals surface area contributed by atoms with Crippen LogP contribution in [0, 0.1) is 6.92 Å². The number of carbonyl (C=O) groups is 1. The van der Waals surface area contributed by atoms with Gasteiger partial charge in [-0.3, -0.25) is 4.79 Å². The van der Waals surface area contributed by atoms with Gasteiger partial charge in [0, 0.05) is 0 Å². The van der Waals surface area contributed by atoms with Crippen molar-refractivity contribution >= 4 is 5.97 Å². The van der Waals surface area contributed by atoms with Gasteiger partial charge in [-0.1, -0.05) is 43.3 Å². The molecule has 2 aromatic rings. The third-order valence-electron chi connectivity index (χ3n) is 3.84. The van der Waals surface area contributed by atoms with Crippen molar-refractivity contribution in [2.45, 2.75) is 39.2 Å². The van der Waals surface area contributed by atoms with E-state index in [1.807, 2.05) is 62.4 Å². The van der Waals surface area contributed by atoms with Gasteiger partial charge in [-0.05, 0) is 48.1 Å². The number of carboxylic acids is 1. The van der Waals surface area contributed by atoms with E-state index in [1.54, 1.807) is 0 Å². The Hall–Kier alpha value is -2.29. The Labute approximate surface area is 131 Å². The van der Waals surface area contributed by atoms with Crippen molar-refractivity contribution in [1.82, 2.24) is 0 Å². The number of ether oxygens (including phenoxy) is 1. The van der Waals surface area contributed by atoms with E-state index in [4.69, 9.17) is 9.84 Å². The molecular formula is C19H22O3. The topological polar surface area (TPSA) is 46.5 Å². The molecule has 1 atom stereocenters. The van der Waals surface area contributed by atoms with Crippen LogP contribution >= 0.6 is 0 Å². The SMILES string of the molecule is CCC(CC(=O)O)c1ccc(OCc2ccccc2)cc1C. The molecule has 2 rings (SSSR count). The lowest BCUT2D eigenvalue weighted by Crippen LogP contribution is -2.07. The molecule has 1 unspecified atom stereocenters. The fraction of sp³-hybridized carbons (Fsp3) is 0.316. The smallest absolute Gasteiger partial charge is 0.303 e. The van der Waals surface area contributed by atoms with Crippen LogP contribution in [0.1, 0.15) is 42.4 Å². The van der Waals surface area contributed by atoms with Crippen LogP contribution in [0.5, 0.6) is 5.75 Å². The zero-order valence-corrected chi connectivity index (χ0v) is 13.1. The first-order chi connectivity index (χ1) is 10.6. The van der Waals surface area contributed by atoms with Crippen molar-refractivity contribution in [1.29, 1.82) is 0 Å². The molecule has 0 aliphatic carbocycles. The van der Waals surface area contributed by atoms with Gasteiger partial charge >= 0.3 is 5.97 Å². The summed E-state index contributed by atoms with van der Waals surface area (Å²) >= 11 is 0. The van der Waals surface area contributed by atoms with Crippen molar-refractivity contribution in [3.63, 3.8) is 0 Å². The second-order valence-corrected chi connectivity index (χ2v) is 5.50. The summed E-state index contributed by atoms with van der Waals surface area (Å²) in [5.41, 5.74) is 3.30. The van der Waals surface area contributed by atoms with Gasteiger partial charge < -0.3 is 9.84 Å². The molecule has 22 heavy (non-hydrogen) atoms. The van der Waals surface area contributed by atoms with E-state index < -0.39 is 5.97 Å². The summed E-state index contributed by atoms with van der Waals surface area (Å²) in [6, 6.07) is 15.9. The number of hydrogen-bond donors (Lipinski definition) is 1. The predicted molar refractivity (Wildman–Crippen MR) is 87.2 cm³/mol. The van der Waals surface area contributed by atoms with Crippen LogP contribution in [0.15, 0.2) is 48.5 Å². The lowest BCUT2D eigenvalue weighted by molar-refractivity contribution is -0.137. The summed E-state index contributed by atoms with van der Waals surface area (Å²) in [6.45, 7) is 4.56. The van der Waals surface area contributed by atoms with Gasteiger partial charge in [0.15, 0.2) is 0 Å². The second-order valence-electron chi connectivity index (χ2n) is 5.50.